The second-order valence-corrected chi connectivity index (χ2v) is 7.40. The monoisotopic (exact) mass is 388 g/mol. The molecule has 0 bridgehead atoms. The van der Waals surface area contributed by atoms with Crippen LogP contribution >= 0.6 is 22.9 Å². The smallest absolute Gasteiger partial charge is 0.272 e. The Morgan fingerprint density at radius 3 is 3.08 bits per heavy atom. The third-order valence-corrected chi connectivity index (χ3v) is 5.60. The molecule has 2 amide bonds. The number of benzene rings is 1. The molecule has 3 aromatic rings. The van der Waals surface area contributed by atoms with Crippen LogP contribution in [0.2, 0.25) is 5.02 Å². The largest absolute Gasteiger partial charge is 0.353 e. The number of nitrogens with zero attached hydrogens (tertiary/aromatic N) is 3. The number of piperazine rings is 1. The molecule has 4 rings (SSSR count). The zero-order valence-corrected chi connectivity index (χ0v) is 15.7. The van der Waals surface area contributed by atoms with Gasteiger partial charge in [-0.05, 0) is 18.6 Å². The van der Waals surface area contributed by atoms with Crippen molar-refractivity contribution in [3.05, 3.63) is 46.6 Å². The highest BCUT2D eigenvalue weighted by atomic mass is 35.5. The number of nitrogens with one attached hydrogen (secondary N) is 1. The molecule has 3 heterocycles. The molecule has 1 saturated heterocycles. The van der Waals surface area contributed by atoms with E-state index in [2.05, 4.69) is 10.3 Å². The number of imidazole rings is 1. The van der Waals surface area contributed by atoms with E-state index in [1.165, 1.54) is 11.3 Å². The lowest BCUT2D eigenvalue weighted by molar-refractivity contribution is -0.127. The highest BCUT2D eigenvalue weighted by molar-refractivity contribution is 7.15. The first-order chi connectivity index (χ1) is 12.6. The molecule has 1 aliphatic rings. The maximum atomic E-state index is 13.1. The first-order valence-corrected chi connectivity index (χ1v) is 9.65. The van der Waals surface area contributed by atoms with Gasteiger partial charge in [0.05, 0.1) is 5.69 Å². The molecule has 134 valence electrons. The van der Waals surface area contributed by atoms with E-state index in [0.29, 0.717) is 30.2 Å². The quantitative estimate of drug-likeness (QED) is 0.749. The number of fused-ring (bicyclic) bond motifs is 1. The van der Waals surface area contributed by atoms with Crippen molar-refractivity contribution in [1.29, 1.82) is 0 Å². The maximum absolute atomic E-state index is 13.1. The highest BCUT2D eigenvalue weighted by Crippen LogP contribution is 2.26. The van der Waals surface area contributed by atoms with Crippen LogP contribution in [0.5, 0.6) is 0 Å². The number of halogens is 1. The molecule has 1 aliphatic heterocycles. The lowest BCUT2D eigenvalue weighted by atomic mass is 10.1. The molecule has 0 aliphatic carbocycles. The van der Waals surface area contributed by atoms with Gasteiger partial charge in [-0.2, -0.15) is 0 Å². The predicted octanol–water partition coefficient (Wildman–Crippen LogP) is 3.07. The Kier molecular flexibility index (Phi) is 4.42. The normalized spacial score (nSPS) is 17.5. The van der Waals surface area contributed by atoms with Crippen molar-refractivity contribution in [2.24, 2.45) is 0 Å². The lowest BCUT2D eigenvalue weighted by Crippen LogP contribution is -2.57. The van der Waals surface area contributed by atoms with Crippen molar-refractivity contribution >= 4 is 39.7 Å². The Balaban J connectivity index is 1.71. The van der Waals surface area contributed by atoms with Gasteiger partial charge in [-0.15, -0.1) is 11.3 Å². The van der Waals surface area contributed by atoms with Gasteiger partial charge in [0, 0.05) is 35.3 Å². The van der Waals surface area contributed by atoms with Gasteiger partial charge < -0.3 is 10.2 Å². The summed E-state index contributed by atoms with van der Waals surface area (Å²) in [5, 5.41) is 5.26. The molecule has 8 heteroatoms. The van der Waals surface area contributed by atoms with Gasteiger partial charge in [0.1, 0.15) is 11.7 Å². The second kappa shape index (κ2) is 6.74. The van der Waals surface area contributed by atoms with Gasteiger partial charge in [-0.25, -0.2) is 4.98 Å². The summed E-state index contributed by atoms with van der Waals surface area (Å²) in [5.74, 6) is -0.239. The topological polar surface area (TPSA) is 66.7 Å². The molecular weight excluding hydrogens is 372 g/mol. The fourth-order valence-corrected chi connectivity index (χ4v) is 4.27. The molecule has 0 spiro atoms. The Bertz CT molecular complexity index is 996. The van der Waals surface area contributed by atoms with Crippen LogP contribution in [-0.4, -0.2) is 45.2 Å². The summed E-state index contributed by atoms with van der Waals surface area (Å²) >= 11 is 7.47. The summed E-state index contributed by atoms with van der Waals surface area (Å²) in [6, 6.07) is 7.03. The van der Waals surface area contributed by atoms with E-state index in [-0.39, 0.29) is 11.8 Å². The Morgan fingerprint density at radius 1 is 1.46 bits per heavy atom. The van der Waals surface area contributed by atoms with Crippen LogP contribution in [0.3, 0.4) is 0 Å². The minimum absolute atomic E-state index is 0.0937. The summed E-state index contributed by atoms with van der Waals surface area (Å²) < 4.78 is 1.79. The van der Waals surface area contributed by atoms with Crippen LogP contribution in [0.15, 0.2) is 35.8 Å². The number of carbonyl (C=O) groups excluding carboxylic acids is 2. The zero-order valence-electron chi connectivity index (χ0n) is 14.1. The summed E-state index contributed by atoms with van der Waals surface area (Å²) in [7, 11) is 0. The van der Waals surface area contributed by atoms with Crippen molar-refractivity contribution in [2.75, 3.05) is 13.1 Å². The molecule has 2 aromatic heterocycles. The molecule has 1 atom stereocenters. The van der Waals surface area contributed by atoms with E-state index in [1.807, 2.05) is 37.4 Å². The van der Waals surface area contributed by atoms with Gasteiger partial charge >= 0.3 is 0 Å². The number of thiazole rings is 1. The minimum atomic E-state index is -0.429. The number of rotatable bonds is 3. The van der Waals surface area contributed by atoms with E-state index in [4.69, 9.17) is 11.6 Å². The van der Waals surface area contributed by atoms with Crippen LogP contribution in [0.25, 0.3) is 16.2 Å². The van der Waals surface area contributed by atoms with Crippen LogP contribution < -0.4 is 5.32 Å². The van der Waals surface area contributed by atoms with Gasteiger partial charge in [-0.3, -0.25) is 14.0 Å². The minimum Gasteiger partial charge on any atom is -0.353 e. The fraction of sp³-hybridized carbons (Fsp3) is 0.278. The highest BCUT2D eigenvalue weighted by Gasteiger charge is 2.33. The van der Waals surface area contributed by atoms with Crippen LogP contribution in [0.1, 0.15) is 23.8 Å². The number of carbonyl (C=O) groups is 2. The third kappa shape index (κ3) is 2.87. The van der Waals surface area contributed by atoms with Gasteiger partial charge in [0.15, 0.2) is 4.96 Å². The number of hydrogen-bond acceptors (Lipinski definition) is 4. The zero-order chi connectivity index (χ0) is 18.3. The fourth-order valence-electron chi connectivity index (χ4n) is 3.24. The summed E-state index contributed by atoms with van der Waals surface area (Å²) in [4.78, 5) is 32.1. The molecule has 6 nitrogen and oxygen atoms in total. The van der Waals surface area contributed by atoms with Crippen molar-refractivity contribution in [2.45, 2.75) is 19.4 Å². The number of amides is 2. The first-order valence-electron chi connectivity index (χ1n) is 8.39. The van der Waals surface area contributed by atoms with Crippen molar-refractivity contribution in [3.63, 3.8) is 0 Å². The second-order valence-electron chi connectivity index (χ2n) is 6.12. The molecule has 26 heavy (non-hydrogen) atoms. The molecule has 0 radical (unpaired) electrons. The Morgan fingerprint density at radius 2 is 2.31 bits per heavy atom. The van der Waals surface area contributed by atoms with E-state index in [9.17, 15) is 9.59 Å². The van der Waals surface area contributed by atoms with Gasteiger partial charge in [0.2, 0.25) is 5.91 Å². The first kappa shape index (κ1) is 17.1. The van der Waals surface area contributed by atoms with E-state index in [1.54, 1.807) is 14.7 Å². The van der Waals surface area contributed by atoms with E-state index >= 15 is 0 Å². The Hall–Kier alpha value is -2.38. The summed E-state index contributed by atoms with van der Waals surface area (Å²) in [6.07, 6.45) is 2.43. The molecule has 1 N–H and O–H groups in total. The predicted molar refractivity (Wildman–Crippen MR) is 102 cm³/mol. The molecular formula is C18H17ClN4O2S. The number of hydrogen-bond donors (Lipinski definition) is 1. The van der Waals surface area contributed by atoms with Crippen molar-refractivity contribution in [3.8, 4) is 11.3 Å². The average molecular weight is 389 g/mol. The van der Waals surface area contributed by atoms with Gasteiger partial charge in [0.25, 0.3) is 5.91 Å². The van der Waals surface area contributed by atoms with Crippen molar-refractivity contribution < 1.29 is 9.59 Å². The van der Waals surface area contributed by atoms with Crippen LogP contribution in [0.4, 0.5) is 0 Å². The van der Waals surface area contributed by atoms with Crippen LogP contribution in [-0.2, 0) is 4.79 Å². The third-order valence-electron chi connectivity index (χ3n) is 4.53. The van der Waals surface area contributed by atoms with E-state index in [0.717, 1.165) is 16.2 Å². The standard InChI is InChI=1S/C18H17ClN4O2S/c1-2-14-16(24)20-6-7-22(14)17(25)15-10-26-18-21-13(9-23(15)18)11-4-3-5-12(19)8-11/h3-5,8-10,14H,2,6-7H2,1H3,(H,20,24)/t14-/m0/s1. The summed E-state index contributed by atoms with van der Waals surface area (Å²) in [5.41, 5.74) is 2.19. The Labute approximate surface area is 159 Å². The number of aromatic nitrogens is 2. The summed E-state index contributed by atoms with van der Waals surface area (Å²) in [6.45, 7) is 2.90. The lowest BCUT2D eigenvalue weighted by Gasteiger charge is -2.34. The van der Waals surface area contributed by atoms with Crippen molar-refractivity contribution in [1.82, 2.24) is 19.6 Å². The average Bonchev–Trinajstić information content (AvgIpc) is 3.21. The van der Waals surface area contributed by atoms with E-state index < -0.39 is 6.04 Å². The van der Waals surface area contributed by atoms with Crippen LogP contribution in [0, 0.1) is 0 Å². The molecule has 0 unspecified atom stereocenters. The SMILES string of the molecule is CC[C@H]1C(=O)NCCN1C(=O)c1csc2nc(-c3cccc(Cl)c3)cn12. The van der Waals surface area contributed by atoms with Gasteiger partial charge in [-0.1, -0.05) is 30.7 Å². The molecule has 1 fully saturated rings. The maximum Gasteiger partial charge on any atom is 0.272 e. The molecule has 0 saturated carbocycles. The molecule has 1 aromatic carbocycles.